The van der Waals surface area contributed by atoms with Crippen LogP contribution in [0.25, 0.3) is 0 Å². The first kappa shape index (κ1) is 17.2. The second-order valence-corrected chi connectivity index (χ2v) is 5.38. The topological polar surface area (TPSA) is 38.8 Å². The summed E-state index contributed by atoms with van der Waals surface area (Å²) in [6.45, 7) is 3.38. The van der Waals surface area contributed by atoms with Crippen molar-refractivity contribution in [3.63, 3.8) is 0 Å². The van der Waals surface area contributed by atoms with Crippen molar-refractivity contribution in [3.05, 3.63) is 42.5 Å². The smallest absolute Gasteiger partial charge is 0.410 e. The molecule has 1 heterocycles. The van der Waals surface area contributed by atoms with Gasteiger partial charge in [0.2, 0.25) is 0 Å². The Labute approximate surface area is 134 Å². The summed E-state index contributed by atoms with van der Waals surface area (Å²) in [7, 11) is 0. The number of carbonyl (C=O) groups excluding carboxylic acids is 1. The minimum atomic E-state index is -2.85. The number of hydrogen-bond donors (Lipinski definition) is 0. The van der Waals surface area contributed by atoms with Gasteiger partial charge >= 0.3 is 12.7 Å². The second kappa shape index (κ2) is 7.94. The van der Waals surface area contributed by atoms with Crippen LogP contribution < -0.4 is 4.74 Å². The van der Waals surface area contributed by atoms with Gasteiger partial charge in [0.05, 0.1) is 6.04 Å². The Morgan fingerprint density at radius 1 is 1.43 bits per heavy atom. The first-order chi connectivity index (χ1) is 11.0. The maximum atomic E-state index is 12.2. The van der Waals surface area contributed by atoms with Crippen molar-refractivity contribution in [2.45, 2.75) is 44.9 Å². The van der Waals surface area contributed by atoms with Crippen molar-refractivity contribution in [3.8, 4) is 5.75 Å². The molecule has 2 atom stereocenters. The number of hydrogen-bond acceptors (Lipinski definition) is 3. The van der Waals surface area contributed by atoms with E-state index in [1.165, 1.54) is 12.1 Å². The van der Waals surface area contributed by atoms with Crippen LogP contribution >= 0.6 is 0 Å². The molecule has 126 valence electrons. The lowest BCUT2D eigenvalue weighted by molar-refractivity contribution is -0.0498. The number of alkyl halides is 2. The van der Waals surface area contributed by atoms with Crippen molar-refractivity contribution in [2.24, 2.45) is 0 Å². The van der Waals surface area contributed by atoms with E-state index in [0.29, 0.717) is 19.4 Å². The molecule has 0 aromatic heterocycles. The molecular weight excluding hydrogens is 304 g/mol. The quantitative estimate of drug-likeness (QED) is 0.692. The van der Waals surface area contributed by atoms with Gasteiger partial charge in [-0.05, 0) is 24.1 Å². The van der Waals surface area contributed by atoms with Crippen LogP contribution in [0.5, 0.6) is 5.75 Å². The molecule has 0 radical (unpaired) electrons. The molecule has 1 aromatic rings. The highest BCUT2D eigenvalue weighted by Gasteiger charge is 2.31. The highest BCUT2D eigenvalue weighted by atomic mass is 19.3. The van der Waals surface area contributed by atoms with Crippen LogP contribution in [0.4, 0.5) is 13.6 Å². The van der Waals surface area contributed by atoms with E-state index in [0.717, 1.165) is 12.0 Å². The van der Waals surface area contributed by atoms with Crippen molar-refractivity contribution in [2.75, 3.05) is 6.54 Å². The fourth-order valence-corrected chi connectivity index (χ4v) is 2.79. The predicted octanol–water partition coefficient (Wildman–Crippen LogP) is 4.53. The molecule has 1 aliphatic rings. The molecule has 0 aliphatic carbocycles. The van der Waals surface area contributed by atoms with Crippen molar-refractivity contribution >= 4 is 6.09 Å². The summed E-state index contributed by atoms with van der Waals surface area (Å²) >= 11 is 0. The summed E-state index contributed by atoms with van der Waals surface area (Å²) < 4.78 is 34.1. The molecule has 2 rings (SSSR count). The predicted molar refractivity (Wildman–Crippen MR) is 82.5 cm³/mol. The minimum absolute atomic E-state index is 0.103. The van der Waals surface area contributed by atoms with Gasteiger partial charge in [0, 0.05) is 19.4 Å². The van der Waals surface area contributed by atoms with Crippen LogP contribution in [0.2, 0.25) is 0 Å². The highest BCUT2D eigenvalue weighted by Crippen LogP contribution is 2.30. The van der Waals surface area contributed by atoms with E-state index >= 15 is 0 Å². The normalized spacial score (nSPS) is 19.4. The summed E-state index contributed by atoms with van der Waals surface area (Å²) in [5, 5.41) is 0. The number of amides is 1. The molecule has 0 spiro atoms. The Morgan fingerprint density at radius 3 is 2.65 bits per heavy atom. The largest absolute Gasteiger partial charge is 0.446 e. The Kier molecular flexibility index (Phi) is 5.96. The van der Waals surface area contributed by atoms with Gasteiger partial charge in [-0.1, -0.05) is 25.1 Å². The van der Waals surface area contributed by atoms with Gasteiger partial charge in [0.15, 0.2) is 0 Å². The molecule has 0 bridgehead atoms. The molecule has 1 fully saturated rings. The number of halogens is 2. The second-order valence-electron chi connectivity index (χ2n) is 5.38. The van der Waals surface area contributed by atoms with Crippen molar-refractivity contribution < 1.29 is 23.0 Å². The Morgan fingerprint density at radius 2 is 2.13 bits per heavy atom. The van der Waals surface area contributed by atoms with Gasteiger partial charge in [-0.2, -0.15) is 8.78 Å². The third-order valence-corrected chi connectivity index (χ3v) is 3.88. The summed E-state index contributed by atoms with van der Waals surface area (Å²) in [5.74, 6) is 0.103. The molecule has 4 nitrogen and oxygen atoms in total. The molecule has 2 unspecified atom stereocenters. The number of carbonyl (C=O) groups is 1. The zero-order valence-electron chi connectivity index (χ0n) is 13.1. The number of rotatable bonds is 7. The Hall–Kier alpha value is -2.11. The molecule has 0 N–H and O–H groups in total. The van der Waals surface area contributed by atoms with Crippen LogP contribution in [-0.4, -0.2) is 30.3 Å². The van der Waals surface area contributed by atoms with E-state index in [4.69, 9.17) is 4.74 Å². The van der Waals surface area contributed by atoms with Gasteiger partial charge in [0.25, 0.3) is 0 Å². The third kappa shape index (κ3) is 4.43. The zero-order valence-corrected chi connectivity index (χ0v) is 13.1. The number of ether oxygens (including phenoxy) is 2. The molecule has 1 saturated heterocycles. The van der Waals surface area contributed by atoms with Crippen LogP contribution in [0.1, 0.15) is 37.8 Å². The first-order valence-electron chi connectivity index (χ1n) is 7.68. The van der Waals surface area contributed by atoms with E-state index in [1.54, 1.807) is 23.1 Å². The molecule has 1 aromatic carbocycles. The molecular formula is C17H21F2NO3. The number of benzene rings is 1. The van der Waals surface area contributed by atoms with Crippen molar-refractivity contribution in [1.29, 1.82) is 0 Å². The molecule has 1 amide bonds. The Balaban J connectivity index is 2.07. The van der Waals surface area contributed by atoms with E-state index in [1.807, 2.05) is 6.92 Å². The molecule has 0 saturated carbocycles. The lowest BCUT2D eigenvalue weighted by Gasteiger charge is -2.36. The zero-order chi connectivity index (χ0) is 16.8. The maximum absolute atomic E-state index is 12.2. The Bertz CT molecular complexity index is 533. The summed E-state index contributed by atoms with van der Waals surface area (Å²) in [4.78, 5) is 13.9. The van der Waals surface area contributed by atoms with E-state index in [9.17, 15) is 13.6 Å². The minimum Gasteiger partial charge on any atom is -0.446 e. The lowest BCUT2D eigenvalue weighted by atomic mass is 10.0. The summed E-state index contributed by atoms with van der Waals surface area (Å²) in [6.07, 6.45) is 3.39. The van der Waals surface area contributed by atoms with Gasteiger partial charge in [-0.15, -0.1) is 6.58 Å². The standard InChI is InChI=1S/C17H21F2NO3/c1-3-5-13-10-11-20(17(21)23-13)15(4-2)12-6-8-14(9-7-12)22-16(18)19/h3,6-9,13,15-16H,1,4-5,10-11H2,2H3. The summed E-state index contributed by atoms with van der Waals surface area (Å²) in [5.41, 5.74) is 0.869. The fraction of sp³-hybridized carbons (Fsp3) is 0.471. The molecule has 6 heteroatoms. The summed E-state index contributed by atoms with van der Waals surface area (Å²) in [6, 6.07) is 6.23. The lowest BCUT2D eigenvalue weighted by Crippen LogP contribution is -2.43. The van der Waals surface area contributed by atoms with Crippen LogP contribution in [-0.2, 0) is 4.74 Å². The van der Waals surface area contributed by atoms with E-state index < -0.39 is 6.61 Å². The average Bonchev–Trinajstić information content (AvgIpc) is 2.51. The van der Waals surface area contributed by atoms with E-state index in [2.05, 4.69) is 11.3 Å². The van der Waals surface area contributed by atoms with Crippen LogP contribution in [0.3, 0.4) is 0 Å². The monoisotopic (exact) mass is 325 g/mol. The average molecular weight is 325 g/mol. The van der Waals surface area contributed by atoms with Gasteiger partial charge in [0.1, 0.15) is 11.9 Å². The van der Waals surface area contributed by atoms with Crippen molar-refractivity contribution in [1.82, 2.24) is 4.90 Å². The molecule has 1 aliphatic heterocycles. The van der Waals surface area contributed by atoms with Gasteiger partial charge in [-0.3, -0.25) is 0 Å². The highest BCUT2D eigenvalue weighted by molar-refractivity contribution is 5.69. The maximum Gasteiger partial charge on any atom is 0.410 e. The van der Waals surface area contributed by atoms with Gasteiger partial charge < -0.3 is 14.4 Å². The van der Waals surface area contributed by atoms with Crippen LogP contribution in [0.15, 0.2) is 36.9 Å². The number of nitrogens with zero attached hydrogens (tertiary/aromatic N) is 1. The SMILES string of the molecule is C=CCC1CCN(C(CC)c2ccc(OC(F)F)cc2)C(=O)O1. The molecule has 23 heavy (non-hydrogen) atoms. The van der Waals surface area contributed by atoms with E-state index in [-0.39, 0.29) is 24.0 Å². The fourth-order valence-electron chi connectivity index (χ4n) is 2.79. The van der Waals surface area contributed by atoms with Crippen LogP contribution in [0, 0.1) is 0 Å². The van der Waals surface area contributed by atoms with Gasteiger partial charge in [-0.25, -0.2) is 4.79 Å². The first-order valence-corrected chi connectivity index (χ1v) is 7.68. The number of cyclic esters (lactones) is 1. The third-order valence-electron chi connectivity index (χ3n) is 3.88.